The summed E-state index contributed by atoms with van der Waals surface area (Å²) in [6.07, 6.45) is 0.759. The van der Waals surface area contributed by atoms with Gasteiger partial charge in [0.1, 0.15) is 5.75 Å². The van der Waals surface area contributed by atoms with Crippen molar-refractivity contribution in [3.8, 4) is 5.75 Å². The van der Waals surface area contributed by atoms with Crippen molar-refractivity contribution in [3.05, 3.63) is 33.9 Å². The van der Waals surface area contributed by atoms with Gasteiger partial charge in [-0.2, -0.15) is 0 Å². The maximum atomic E-state index is 10.8. The van der Waals surface area contributed by atoms with Crippen LogP contribution in [0.5, 0.6) is 5.75 Å². The molecule has 0 aliphatic carbocycles. The Balaban J connectivity index is 2.89. The summed E-state index contributed by atoms with van der Waals surface area (Å²) in [5.41, 5.74) is 0.357. The maximum Gasteiger partial charge on any atom is 0.273 e. The third kappa shape index (κ3) is 4.18. The smallest absolute Gasteiger partial charge is 0.273 e. The molecule has 6 heteroatoms. The number of aliphatic hydroxyl groups is 1. The lowest BCUT2D eigenvalue weighted by atomic mass is 10.00. The molecule has 1 rings (SSSR count). The van der Waals surface area contributed by atoms with Crippen LogP contribution in [-0.2, 0) is 6.54 Å². The number of non-ortho nitro benzene ring substituents is 1. The molecule has 0 aliphatic rings. The average Bonchev–Trinajstić information content (AvgIpc) is 2.44. The molecule has 2 N–H and O–H groups in total. The summed E-state index contributed by atoms with van der Waals surface area (Å²) in [6, 6.07) is 4.63. The average molecular weight is 268 g/mol. The number of nitrogens with one attached hydrogen (secondary N) is 1. The van der Waals surface area contributed by atoms with Crippen LogP contribution in [0.2, 0.25) is 0 Å². The number of hydrogen-bond acceptors (Lipinski definition) is 5. The summed E-state index contributed by atoms with van der Waals surface area (Å²) in [4.78, 5) is 10.4. The highest BCUT2D eigenvalue weighted by molar-refractivity contribution is 5.42. The first-order valence-electron chi connectivity index (χ1n) is 6.12. The summed E-state index contributed by atoms with van der Waals surface area (Å²) < 4.78 is 5.05. The number of hydrogen-bond donors (Lipinski definition) is 2. The minimum absolute atomic E-state index is 0.00153. The van der Waals surface area contributed by atoms with E-state index in [0.29, 0.717) is 12.3 Å². The van der Waals surface area contributed by atoms with E-state index >= 15 is 0 Å². The number of nitrogens with zero attached hydrogens (tertiary/aromatic N) is 1. The predicted molar refractivity (Wildman–Crippen MR) is 72.3 cm³/mol. The molecule has 0 aliphatic heterocycles. The molecule has 1 unspecified atom stereocenters. The first-order valence-corrected chi connectivity index (χ1v) is 6.12. The largest absolute Gasteiger partial charge is 0.496 e. The Kier molecular flexibility index (Phi) is 5.26. The molecule has 0 saturated carbocycles. The van der Waals surface area contributed by atoms with Crippen LogP contribution in [0.3, 0.4) is 0 Å². The van der Waals surface area contributed by atoms with Gasteiger partial charge in [0.05, 0.1) is 24.7 Å². The van der Waals surface area contributed by atoms with Gasteiger partial charge < -0.3 is 15.2 Å². The number of nitro benzene ring substituents is 1. The Morgan fingerprint density at radius 1 is 1.47 bits per heavy atom. The number of nitro groups is 1. The highest BCUT2D eigenvalue weighted by Gasteiger charge is 2.20. The van der Waals surface area contributed by atoms with Crippen LogP contribution in [0.15, 0.2) is 18.2 Å². The van der Waals surface area contributed by atoms with E-state index in [0.717, 1.165) is 12.0 Å². The summed E-state index contributed by atoms with van der Waals surface area (Å²) in [5.74, 6) is 0.452. The van der Waals surface area contributed by atoms with Gasteiger partial charge in [-0.05, 0) is 25.0 Å². The molecule has 1 aromatic carbocycles. The minimum Gasteiger partial charge on any atom is -0.496 e. The monoisotopic (exact) mass is 268 g/mol. The van der Waals surface area contributed by atoms with E-state index in [2.05, 4.69) is 5.32 Å². The highest BCUT2D eigenvalue weighted by atomic mass is 16.6. The topological polar surface area (TPSA) is 84.6 Å². The molecule has 0 bridgehead atoms. The van der Waals surface area contributed by atoms with E-state index < -0.39 is 10.5 Å². The zero-order valence-electron chi connectivity index (χ0n) is 11.5. The SMILES string of the molecule is CCC(C)(CO)NCc1cc(OC)cc([N+](=O)[O-])c1. The van der Waals surface area contributed by atoms with Gasteiger partial charge in [0.25, 0.3) is 5.69 Å². The van der Waals surface area contributed by atoms with Crippen molar-refractivity contribution in [1.82, 2.24) is 5.32 Å². The summed E-state index contributed by atoms with van der Waals surface area (Å²) >= 11 is 0. The number of methoxy groups -OCH3 is 1. The summed E-state index contributed by atoms with van der Waals surface area (Å²) in [7, 11) is 1.47. The molecule has 0 radical (unpaired) electrons. The van der Waals surface area contributed by atoms with Crippen LogP contribution in [0.1, 0.15) is 25.8 Å². The minimum atomic E-state index is -0.447. The van der Waals surface area contributed by atoms with Crippen LogP contribution in [-0.4, -0.2) is 29.3 Å². The molecule has 0 heterocycles. The fourth-order valence-corrected chi connectivity index (χ4v) is 1.58. The highest BCUT2D eigenvalue weighted by Crippen LogP contribution is 2.23. The van der Waals surface area contributed by atoms with Crippen molar-refractivity contribution in [2.24, 2.45) is 0 Å². The van der Waals surface area contributed by atoms with E-state index in [1.54, 1.807) is 6.07 Å². The number of ether oxygens (including phenoxy) is 1. The zero-order valence-corrected chi connectivity index (χ0v) is 11.5. The molecule has 6 nitrogen and oxygen atoms in total. The molecule has 0 saturated heterocycles. The van der Waals surface area contributed by atoms with Gasteiger partial charge in [0.15, 0.2) is 0 Å². The van der Waals surface area contributed by atoms with Gasteiger partial charge in [-0.3, -0.25) is 10.1 Å². The van der Waals surface area contributed by atoms with Crippen LogP contribution >= 0.6 is 0 Å². The van der Waals surface area contributed by atoms with Crippen LogP contribution in [0, 0.1) is 10.1 Å². The van der Waals surface area contributed by atoms with Gasteiger partial charge >= 0.3 is 0 Å². The maximum absolute atomic E-state index is 10.8. The first-order chi connectivity index (χ1) is 8.94. The van der Waals surface area contributed by atoms with Crippen molar-refractivity contribution in [2.75, 3.05) is 13.7 Å². The Labute approximate surface area is 112 Å². The normalized spacial score (nSPS) is 13.9. The number of aliphatic hydroxyl groups excluding tert-OH is 1. The Hall–Kier alpha value is -1.66. The second-order valence-electron chi connectivity index (χ2n) is 4.72. The van der Waals surface area contributed by atoms with Crippen molar-refractivity contribution in [3.63, 3.8) is 0 Å². The molecule has 106 valence electrons. The molecule has 1 atom stereocenters. The van der Waals surface area contributed by atoms with E-state index in [-0.39, 0.29) is 12.3 Å². The van der Waals surface area contributed by atoms with Gasteiger partial charge in [-0.1, -0.05) is 6.92 Å². The Morgan fingerprint density at radius 3 is 2.63 bits per heavy atom. The lowest BCUT2D eigenvalue weighted by Gasteiger charge is -2.27. The van der Waals surface area contributed by atoms with Gasteiger partial charge in [0.2, 0.25) is 0 Å². The molecular weight excluding hydrogens is 248 g/mol. The summed E-state index contributed by atoms with van der Waals surface area (Å²) in [6.45, 7) is 4.32. The fourth-order valence-electron chi connectivity index (χ4n) is 1.58. The third-order valence-electron chi connectivity index (χ3n) is 3.25. The number of benzene rings is 1. The lowest BCUT2D eigenvalue weighted by molar-refractivity contribution is -0.385. The first kappa shape index (κ1) is 15.4. The van der Waals surface area contributed by atoms with Crippen molar-refractivity contribution in [2.45, 2.75) is 32.4 Å². The van der Waals surface area contributed by atoms with Crippen molar-refractivity contribution in [1.29, 1.82) is 0 Å². The fraction of sp³-hybridized carbons (Fsp3) is 0.538. The van der Waals surface area contributed by atoms with Gasteiger partial charge in [-0.15, -0.1) is 0 Å². The molecule has 0 aromatic heterocycles. The second-order valence-corrected chi connectivity index (χ2v) is 4.72. The summed E-state index contributed by atoms with van der Waals surface area (Å²) in [5, 5.41) is 23.3. The molecule has 0 amide bonds. The molecular formula is C13H20N2O4. The standard InChI is InChI=1S/C13H20N2O4/c1-4-13(2,9-16)14-8-10-5-11(15(17)18)7-12(6-10)19-3/h5-7,14,16H,4,8-9H2,1-3H3. The molecule has 19 heavy (non-hydrogen) atoms. The molecule has 0 fully saturated rings. The molecule has 0 spiro atoms. The van der Waals surface area contributed by atoms with Gasteiger partial charge in [0, 0.05) is 18.2 Å². The van der Waals surface area contributed by atoms with Crippen molar-refractivity contribution < 1.29 is 14.8 Å². The zero-order chi connectivity index (χ0) is 14.5. The van der Waals surface area contributed by atoms with Gasteiger partial charge in [-0.25, -0.2) is 0 Å². The van der Waals surface area contributed by atoms with E-state index in [4.69, 9.17) is 4.74 Å². The van der Waals surface area contributed by atoms with Crippen LogP contribution < -0.4 is 10.1 Å². The number of rotatable bonds is 7. The second kappa shape index (κ2) is 6.49. The predicted octanol–water partition coefficient (Wildman–Crippen LogP) is 1.85. The van der Waals surface area contributed by atoms with E-state index in [9.17, 15) is 15.2 Å². The molecule has 1 aromatic rings. The van der Waals surface area contributed by atoms with Crippen LogP contribution in [0.4, 0.5) is 5.69 Å². The van der Waals surface area contributed by atoms with Crippen molar-refractivity contribution >= 4 is 5.69 Å². The Bertz CT molecular complexity index is 444. The van der Waals surface area contributed by atoms with E-state index in [1.165, 1.54) is 19.2 Å². The Morgan fingerprint density at radius 2 is 2.16 bits per heavy atom. The lowest BCUT2D eigenvalue weighted by Crippen LogP contribution is -2.44. The quantitative estimate of drug-likeness (QED) is 0.582. The van der Waals surface area contributed by atoms with E-state index in [1.807, 2.05) is 13.8 Å². The third-order valence-corrected chi connectivity index (χ3v) is 3.25. The van der Waals surface area contributed by atoms with Crippen LogP contribution in [0.25, 0.3) is 0 Å².